The van der Waals surface area contributed by atoms with Gasteiger partial charge in [-0.25, -0.2) is 14.4 Å². The SMILES string of the molecule is O=C(NC1CC1)c1ccc(-c2cnc3c(NCc4ccc(F)cc4)nccn23)cc1. The lowest BCUT2D eigenvalue weighted by molar-refractivity contribution is 0.0951. The van der Waals surface area contributed by atoms with E-state index >= 15 is 0 Å². The van der Waals surface area contributed by atoms with Gasteiger partial charge in [0.05, 0.1) is 11.9 Å². The molecule has 1 fully saturated rings. The molecule has 2 aromatic carbocycles. The third-order valence-electron chi connectivity index (χ3n) is 5.16. The first-order valence-corrected chi connectivity index (χ1v) is 9.89. The van der Waals surface area contributed by atoms with Crippen LogP contribution in [0.25, 0.3) is 16.9 Å². The monoisotopic (exact) mass is 401 g/mol. The lowest BCUT2D eigenvalue weighted by atomic mass is 10.1. The lowest BCUT2D eigenvalue weighted by Gasteiger charge is -2.08. The van der Waals surface area contributed by atoms with Crippen molar-refractivity contribution in [2.75, 3.05) is 5.32 Å². The molecule has 150 valence electrons. The fraction of sp³-hybridized carbons (Fsp3) is 0.174. The van der Waals surface area contributed by atoms with Gasteiger partial charge in [0.25, 0.3) is 5.91 Å². The second kappa shape index (κ2) is 7.59. The number of amides is 1. The van der Waals surface area contributed by atoms with Crippen LogP contribution < -0.4 is 10.6 Å². The second-order valence-electron chi connectivity index (χ2n) is 7.42. The summed E-state index contributed by atoms with van der Waals surface area (Å²) < 4.78 is 15.0. The van der Waals surface area contributed by atoms with Crippen LogP contribution in [0.2, 0.25) is 0 Å². The van der Waals surface area contributed by atoms with Crippen LogP contribution in [0.3, 0.4) is 0 Å². The molecule has 2 heterocycles. The molecule has 0 aliphatic heterocycles. The molecule has 0 bridgehead atoms. The minimum Gasteiger partial charge on any atom is -0.363 e. The number of aromatic nitrogens is 3. The number of fused-ring (bicyclic) bond motifs is 1. The van der Waals surface area contributed by atoms with Crippen LogP contribution in [0.1, 0.15) is 28.8 Å². The van der Waals surface area contributed by atoms with E-state index in [1.54, 1.807) is 24.5 Å². The third kappa shape index (κ3) is 3.74. The third-order valence-corrected chi connectivity index (χ3v) is 5.16. The summed E-state index contributed by atoms with van der Waals surface area (Å²) in [6.07, 6.45) is 7.49. The van der Waals surface area contributed by atoms with Gasteiger partial charge in [0.15, 0.2) is 11.5 Å². The molecule has 5 rings (SSSR count). The molecule has 0 atom stereocenters. The molecule has 0 unspecified atom stereocenters. The summed E-state index contributed by atoms with van der Waals surface area (Å²) in [5, 5.41) is 6.26. The molecule has 0 saturated heterocycles. The Morgan fingerprint density at radius 2 is 1.83 bits per heavy atom. The summed E-state index contributed by atoms with van der Waals surface area (Å²) in [5.41, 5.74) is 4.17. The van der Waals surface area contributed by atoms with Crippen LogP contribution in [0.5, 0.6) is 0 Å². The minimum absolute atomic E-state index is 0.0290. The molecule has 1 aliphatic carbocycles. The van der Waals surface area contributed by atoms with Gasteiger partial charge in [-0.15, -0.1) is 0 Å². The molecular weight excluding hydrogens is 381 g/mol. The number of rotatable bonds is 6. The molecule has 0 radical (unpaired) electrons. The summed E-state index contributed by atoms with van der Waals surface area (Å²) in [5.74, 6) is 0.361. The number of carbonyl (C=O) groups is 1. The first-order chi connectivity index (χ1) is 14.7. The lowest BCUT2D eigenvalue weighted by Crippen LogP contribution is -2.25. The van der Waals surface area contributed by atoms with Gasteiger partial charge in [-0.3, -0.25) is 9.20 Å². The molecule has 1 aliphatic rings. The molecule has 30 heavy (non-hydrogen) atoms. The zero-order valence-electron chi connectivity index (χ0n) is 16.2. The zero-order valence-corrected chi connectivity index (χ0v) is 16.2. The molecule has 2 aromatic heterocycles. The van der Waals surface area contributed by atoms with Crippen LogP contribution in [0, 0.1) is 5.82 Å². The van der Waals surface area contributed by atoms with E-state index in [4.69, 9.17) is 0 Å². The molecule has 4 aromatic rings. The standard InChI is InChI=1S/C23H20FN5O/c24-18-7-1-15(2-8-18)13-26-21-22-27-14-20(29(22)12-11-25-21)16-3-5-17(6-4-16)23(30)28-19-9-10-19/h1-8,11-12,14,19H,9-10,13H2,(H,25,26)(H,28,30). The summed E-state index contributed by atoms with van der Waals surface area (Å²) in [6.45, 7) is 0.514. The topological polar surface area (TPSA) is 71.3 Å². The van der Waals surface area contributed by atoms with Crippen LogP contribution in [0.4, 0.5) is 10.2 Å². The largest absolute Gasteiger partial charge is 0.363 e. The Labute approximate surface area is 172 Å². The van der Waals surface area contributed by atoms with E-state index in [2.05, 4.69) is 20.6 Å². The quantitative estimate of drug-likeness (QED) is 0.512. The van der Waals surface area contributed by atoms with E-state index in [0.29, 0.717) is 29.6 Å². The molecule has 6 nitrogen and oxygen atoms in total. The summed E-state index contributed by atoms with van der Waals surface area (Å²) in [7, 11) is 0. The van der Waals surface area contributed by atoms with Crippen molar-refractivity contribution in [3.63, 3.8) is 0 Å². The summed E-state index contributed by atoms with van der Waals surface area (Å²) >= 11 is 0. The highest BCUT2D eigenvalue weighted by molar-refractivity contribution is 5.95. The molecule has 1 saturated carbocycles. The number of halogens is 1. The van der Waals surface area contributed by atoms with E-state index in [1.807, 2.05) is 34.9 Å². The van der Waals surface area contributed by atoms with Crippen molar-refractivity contribution in [2.45, 2.75) is 25.4 Å². The van der Waals surface area contributed by atoms with Crippen LogP contribution in [0.15, 0.2) is 67.1 Å². The summed E-state index contributed by atoms with van der Waals surface area (Å²) in [6, 6.07) is 14.2. The Morgan fingerprint density at radius 1 is 1.07 bits per heavy atom. The number of hydrogen-bond acceptors (Lipinski definition) is 4. The molecular formula is C23H20FN5O. The fourth-order valence-corrected chi connectivity index (χ4v) is 3.33. The molecule has 0 spiro atoms. The number of benzene rings is 2. The number of carbonyl (C=O) groups excluding carboxylic acids is 1. The van der Waals surface area contributed by atoms with E-state index in [1.165, 1.54) is 12.1 Å². The number of anilines is 1. The van der Waals surface area contributed by atoms with Gasteiger partial charge in [0, 0.05) is 36.1 Å². The normalized spacial score (nSPS) is 13.4. The van der Waals surface area contributed by atoms with Crippen molar-refractivity contribution in [2.24, 2.45) is 0 Å². The molecule has 1 amide bonds. The Morgan fingerprint density at radius 3 is 2.57 bits per heavy atom. The first-order valence-electron chi connectivity index (χ1n) is 9.89. The van der Waals surface area contributed by atoms with Crippen molar-refractivity contribution >= 4 is 17.4 Å². The Hall–Kier alpha value is -3.74. The van der Waals surface area contributed by atoms with E-state index in [9.17, 15) is 9.18 Å². The van der Waals surface area contributed by atoms with Gasteiger partial charge in [-0.1, -0.05) is 24.3 Å². The van der Waals surface area contributed by atoms with Crippen LogP contribution in [-0.2, 0) is 6.54 Å². The average molecular weight is 401 g/mol. The summed E-state index contributed by atoms with van der Waals surface area (Å²) in [4.78, 5) is 21.1. The van der Waals surface area contributed by atoms with Gasteiger partial charge in [-0.2, -0.15) is 0 Å². The highest BCUT2D eigenvalue weighted by atomic mass is 19.1. The van der Waals surface area contributed by atoms with Crippen molar-refractivity contribution in [3.8, 4) is 11.3 Å². The van der Waals surface area contributed by atoms with Crippen LogP contribution >= 0.6 is 0 Å². The predicted molar refractivity (Wildman–Crippen MR) is 113 cm³/mol. The van der Waals surface area contributed by atoms with Crippen molar-refractivity contribution in [1.29, 1.82) is 0 Å². The van der Waals surface area contributed by atoms with Gasteiger partial charge < -0.3 is 10.6 Å². The minimum atomic E-state index is -0.257. The van der Waals surface area contributed by atoms with Crippen molar-refractivity contribution < 1.29 is 9.18 Å². The maximum Gasteiger partial charge on any atom is 0.251 e. The van der Waals surface area contributed by atoms with E-state index in [-0.39, 0.29) is 11.7 Å². The van der Waals surface area contributed by atoms with E-state index < -0.39 is 0 Å². The van der Waals surface area contributed by atoms with Crippen molar-refractivity contribution in [1.82, 2.24) is 19.7 Å². The van der Waals surface area contributed by atoms with Crippen molar-refractivity contribution in [3.05, 3.63) is 84.1 Å². The van der Waals surface area contributed by atoms with Crippen LogP contribution in [-0.4, -0.2) is 26.3 Å². The number of nitrogens with zero attached hydrogens (tertiary/aromatic N) is 3. The maximum atomic E-state index is 13.1. The second-order valence-corrected chi connectivity index (χ2v) is 7.42. The Bertz CT molecular complexity index is 1200. The predicted octanol–water partition coefficient (Wildman–Crippen LogP) is 4.04. The highest BCUT2D eigenvalue weighted by Gasteiger charge is 2.23. The number of imidazole rings is 1. The molecule has 7 heteroatoms. The maximum absolute atomic E-state index is 13.1. The number of hydrogen-bond donors (Lipinski definition) is 2. The Kier molecular flexibility index (Phi) is 4.63. The smallest absolute Gasteiger partial charge is 0.251 e. The van der Waals surface area contributed by atoms with E-state index in [0.717, 1.165) is 29.7 Å². The number of nitrogens with one attached hydrogen (secondary N) is 2. The fourth-order valence-electron chi connectivity index (χ4n) is 3.33. The van der Waals surface area contributed by atoms with Gasteiger partial charge in [0.2, 0.25) is 0 Å². The van der Waals surface area contributed by atoms with Gasteiger partial charge >= 0.3 is 0 Å². The zero-order chi connectivity index (χ0) is 20.5. The average Bonchev–Trinajstić information content (AvgIpc) is 3.48. The van der Waals surface area contributed by atoms with Gasteiger partial charge in [-0.05, 0) is 42.7 Å². The molecule has 2 N–H and O–H groups in total. The van der Waals surface area contributed by atoms with Gasteiger partial charge in [0.1, 0.15) is 5.82 Å². The first kappa shape index (κ1) is 18.3. The highest BCUT2D eigenvalue weighted by Crippen LogP contribution is 2.25. The Balaban J connectivity index is 1.37.